The molecule has 0 aliphatic carbocycles. The zero-order valence-corrected chi connectivity index (χ0v) is 23.2. The second kappa shape index (κ2) is 10.1. The number of phenolic OH excluding ortho intramolecular Hbond substituents is 1. The molecule has 3 amide bonds. The number of thioether (sulfide) groups is 1. The lowest BCUT2D eigenvalue weighted by Crippen LogP contribution is -2.33. The second-order valence-corrected chi connectivity index (χ2v) is 12.1. The lowest BCUT2D eigenvalue weighted by Gasteiger charge is -2.30. The summed E-state index contributed by atoms with van der Waals surface area (Å²) in [7, 11) is 0. The average Bonchev–Trinajstić information content (AvgIpc) is 3.37. The van der Waals surface area contributed by atoms with Crippen molar-refractivity contribution in [3.05, 3.63) is 97.6 Å². The predicted octanol–water partition coefficient (Wildman–Crippen LogP) is 4.21. The molecular weight excluding hydrogens is 604 g/mol. The minimum absolute atomic E-state index is 0.0662. The molecule has 6 rings (SSSR count). The molecule has 0 bridgehead atoms. The van der Waals surface area contributed by atoms with Crippen molar-refractivity contribution >= 4 is 68.1 Å². The summed E-state index contributed by atoms with van der Waals surface area (Å²) < 4.78 is 2.18. The molecule has 0 spiro atoms. The van der Waals surface area contributed by atoms with Gasteiger partial charge in [0.25, 0.3) is 0 Å². The standard InChI is InChI=1S/C27H19BrN4O5S2/c28-15-3-7-17(8-4-15)32-24(35)21-20(14-2-1-11-29-12-14)23-26(38-22(21)25(32)36)31(27(37)39-23)13-19(34)30-16-5-9-18(33)10-6-16/h1-12,20-22,33H,13H2,(H,30,34). The van der Waals surface area contributed by atoms with Crippen molar-refractivity contribution in [2.24, 2.45) is 5.92 Å². The molecular formula is C27H19BrN4O5S2. The van der Waals surface area contributed by atoms with Crippen LogP contribution < -0.4 is 15.1 Å². The van der Waals surface area contributed by atoms with Crippen molar-refractivity contribution in [1.29, 1.82) is 0 Å². The minimum Gasteiger partial charge on any atom is -0.508 e. The number of benzene rings is 2. The zero-order chi connectivity index (χ0) is 27.3. The number of fused-ring (bicyclic) bond motifs is 2. The van der Waals surface area contributed by atoms with Crippen molar-refractivity contribution < 1.29 is 19.5 Å². The van der Waals surface area contributed by atoms with Crippen LogP contribution >= 0.6 is 39.0 Å². The van der Waals surface area contributed by atoms with Crippen molar-refractivity contribution in [1.82, 2.24) is 9.55 Å². The number of amides is 3. The summed E-state index contributed by atoms with van der Waals surface area (Å²) in [5.74, 6) is -2.38. The summed E-state index contributed by atoms with van der Waals surface area (Å²) in [5, 5.41) is 11.9. The van der Waals surface area contributed by atoms with Crippen molar-refractivity contribution in [3.63, 3.8) is 0 Å². The van der Waals surface area contributed by atoms with Gasteiger partial charge in [0.1, 0.15) is 17.5 Å². The normalized spacial score (nSPS) is 20.0. The number of nitrogens with one attached hydrogen (secondary N) is 1. The first-order valence-corrected chi connectivity index (χ1v) is 14.3. The Hall–Kier alpha value is -3.74. The molecule has 3 atom stereocenters. The molecule has 4 aromatic rings. The Morgan fingerprint density at radius 1 is 1.03 bits per heavy atom. The summed E-state index contributed by atoms with van der Waals surface area (Å²) in [5.41, 5.74) is 1.66. The molecule has 39 heavy (non-hydrogen) atoms. The van der Waals surface area contributed by atoms with E-state index in [0.717, 1.165) is 33.1 Å². The highest BCUT2D eigenvalue weighted by Gasteiger charge is 2.56. The Kier molecular flexibility index (Phi) is 6.61. The highest BCUT2D eigenvalue weighted by Crippen LogP contribution is 2.53. The van der Waals surface area contributed by atoms with Gasteiger partial charge in [-0.15, -0.1) is 0 Å². The van der Waals surface area contributed by atoms with Gasteiger partial charge in [-0.1, -0.05) is 45.1 Å². The highest BCUT2D eigenvalue weighted by atomic mass is 79.9. The number of phenols is 1. The quantitative estimate of drug-likeness (QED) is 0.253. The molecule has 9 nitrogen and oxygen atoms in total. The Morgan fingerprint density at radius 3 is 2.46 bits per heavy atom. The molecule has 0 saturated carbocycles. The SMILES string of the molecule is O=C(Cn1c2c(sc1=O)C(c1cccnc1)C1C(=O)N(c3ccc(Br)cc3)C(=O)C1S2)Nc1ccc(O)cc1. The van der Waals surface area contributed by atoms with Crippen molar-refractivity contribution in [2.75, 3.05) is 10.2 Å². The monoisotopic (exact) mass is 622 g/mol. The predicted molar refractivity (Wildman–Crippen MR) is 151 cm³/mol. The molecule has 2 aromatic heterocycles. The largest absolute Gasteiger partial charge is 0.508 e. The second-order valence-electron chi connectivity index (χ2n) is 9.04. The minimum atomic E-state index is -0.778. The lowest BCUT2D eigenvalue weighted by atomic mass is 9.84. The zero-order valence-electron chi connectivity index (χ0n) is 20.0. The third kappa shape index (κ3) is 4.58. The number of rotatable bonds is 5. The molecule has 2 aromatic carbocycles. The van der Waals surface area contributed by atoms with Gasteiger partial charge >= 0.3 is 4.87 Å². The van der Waals surface area contributed by atoms with Gasteiger partial charge in [-0.05, 0) is 60.2 Å². The van der Waals surface area contributed by atoms with Crippen LogP contribution in [0.2, 0.25) is 0 Å². The molecule has 1 saturated heterocycles. The maximum absolute atomic E-state index is 13.8. The summed E-state index contributed by atoms with van der Waals surface area (Å²) in [6, 6.07) is 16.5. The van der Waals surface area contributed by atoms with Crippen LogP contribution in [0.25, 0.3) is 0 Å². The maximum Gasteiger partial charge on any atom is 0.308 e. The molecule has 4 heterocycles. The third-order valence-electron chi connectivity index (χ3n) is 6.63. The number of nitrogens with zero attached hydrogens (tertiary/aromatic N) is 3. The van der Waals surface area contributed by atoms with Crippen LogP contribution in [-0.2, 0) is 20.9 Å². The number of imide groups is 1. The molecule has 196 valence electrons. The fourth-order valence-corrected chi connectivity index (χ4v) is 7.95. The van der Waals surface area contributed by atoms with E-state index in [0.29, 0.717) is 21.3 Å². The molecule has 2 aliphatic rings. The summed E-state index contributed by atoms with van der Waals surface area (Å²) >= 11 is 5.52. The van der Waals surface area contributed by atoms with Crippen molar-refractivity contribution in [2.45, 2.75) is 22.7 Å². The molecule has 0 radical (unpaired) electrons. The molecule has 3 unspecified atom stereocenters. The summed E-state index contributed by atoms with van der Waals surface area (Å²) in [6.07, 6.45) is 3.27. The molecule has 12 heteroatoms. The maximum atomic E-state index is 13.8. The fourth-order valence-electron chi connectivity index (χ4n) is 4.91. The lowest BCUT2D eigenvalue weighted by molar-refractivity contribution is -0.122. The van der Waals surface area contributed by atoms with E-state index >= 15 is 0 Å². The molecule has 2 N–H and O–H groups in total. The first-order chi connectivity index (χ1) is 18.8. The van der Waals surface area contributed by atoms with Crippen molar-refractivity contribution in [3.8, 4) is 5.75 Å². The van der Waals surface area contributed by atoms with Crippen LogP contribution in [-0.4, -0.2) is 37.6 Å². The van der Waals surface area contributed by atoms with Crippen LogP contribution in [0.3, 0.4) is 0 Å². The van der Waals surface area contributed by atoms with E-state index in [1.807, 2.05) is 6.07 Å². The number of carbonyl (C=O) groups is 3. The van der Waals surface area contributed by atoms with Gasteiger partial charge < -0.3 is 10.4 Å². The van der Waals surface area contributed by atoms with Crippen LogP contribution in [0.4, 0.5) is 11.4 Å². The van der Waals surface area contributed by atoms with E-state index in [4.69, 9.17) is 0 Å². The summed E-state index contributed by atoms with van der Waals surface area (Å²) in [4.78, 5) is 59.3. The molecule has 1 fully saturated rings. The van der Waals surface area contributed by atoms with Gasteiger partial charge in [0.05, 0.1) is 16.6 Å². The smallest absolute Gasteiger partial charge is 0.308 e. The number of thiazole rings is 1. The number of halogens is 1. The Morgan fingerprint density at radius 2 is 1.77 bits per heavy atom. The number of hydrogen-bond acceptors (Lipinski definition) is 8. The number of carbonyl (C=O) groups excluding carboxylic acids is 3. The number of anilines is 2. The molecule has 2 aliphatic heterocycles. The third-order valence-corrected chi connectivity index (χ3v) is 9.76. The number of pyridine rings is 1. The average molecular weight is 624 g/mol. The van der Waals surface area contributed by atoms with E-state index < -0.39 is 23.0 Å². The van der Waals surface area contributed by atoms with Gasteiger partial charge in [-0.2, -0.15) is 0 Å². The Labute approximate surface area is 238 Å². The van der Waals surface area contributed by atoms with Gasteiger partial charge in [0.2, 0.25) is 17.7 Å². The Balaban J connectivity index is 1.39. The van der Waals surface area contributed by atoms with E-state index in [-0.39, 0.29) is 29.0 Å². The van der Waals surface area contributed by atoms with E-state index in [1.165, 1.54) is 21.6 Å². The van der Waals surface area contributed by atoms with Crippen LogP contribution in [0.5, 0.6) is 5.75 Å². The van der Waals surface area contributed by atoms with Crippen LogP contribution in [0, 0.1) is 5.92 Å². The van der Waals surface area contributed by atoms with Gasteiger partial charge in [0.15, 0.2) is 0 Å². The van der Waals surface area contributed by atoms with E-state index in [2.05, 4.69) is 26.2 Å². The van der Waals surface area contributed by atoms with Crippen LogP contribution in [0.1, 0.15) is 16.4 Å². The van der Waals surface area contributed by atoms with Gasteiger partial charge in [-0.25, -0.2) is 4.90 Å². The van der Waals surface area contributed by atoms with Crippen LogP contribution in [0.15, 0.2) is 87.4 Å². The first kappa shape index (κ1) is 25.5. The number of aromatic hydroxyl groups is 1. The van der Waals surface area contributed by atoms with Gasteiger partial charge in [-0.3, -0.25) is 28.7 Å². The van der Waals surface area contributed by atoms with E-state index in [9.17, 15) is 24.3 Å². The first-order valence-electron chi connectivity index (χ1n) is 11.8. The van der Waals surface area contributed by atoms with E-state index in [1.54, 1.807) is 54.9 Å². The number of hydrogen-bond donors (Lipinski definition) is 2. The van der Waals surface area contributed by atoms with Gasteiger partial charge in [0, 0.05) is 33.3 Å². The number of aromatic nitrogens is 2. The topological polar surface area (TPSA) is 122 Å². The Bertz CT molecular complexity index is 1650. The highest BCUT2D eigenvalue weighted by molar-refractivity contribution is 9.10. The summed E-state index contributed by atoms with van der Waals surface area (Å²) in [6.45, 7) is -0.270. The fraction of sp³-hybridized carbons (Fsp3) is 0.148.